The number of oxazole rings is 1. The lowest BCUT2D eigenvalue weighted by atomic mass is 10.00. The maximum atomic E-state index is 14.7. The van der Waals surface area contributed by atoms with Gasteiger partial charge in [0.15, 0.2) is 0 Å². The summed E-state index contributed by atoms with van der Waals surface area (Å²) in [5.41, 5.74) is 2.16. The van der Waals surface area contributed by atoms with Gasteiger partial charge in [-0.25, -0.2) is 13.8 Å². The Balaban J connectivity index is 1.52. The van der Waals surface area contributed by atoms with Crippen molar-refractivity contribution in [1.82, 2.24) is 4.98 Å². The van der Waals surface area contributed by atoms with Crippen LogP contribution in [-0.2, 0) is 6.42 Å². The smallest absolute Gasteiger partial charge is 0.299 e. The molecule has 0 bridgehead atoms. The number of halogens is 3. The van der Waals surface area contributed by atoms with E-state index in [1.54, 1.807) is 42.5 Å². The number of aromatic nitrogens is 1. The molecule has 4 aromatic rings. The van der Waals surface area contributed by atoms with E-state index >= 15 is 0 Å². The molecule has 32 heavy (non-hydrogen) atoms. The second-order valence-corrected chi connectivity index (χ2v) is 7.25. The molecule has 8 heteroatoms. The lowest BCUT2D eigenvalue weighted by Crippen LogP contribution is -1.98. The Kier molecular flexibility index (Phi) is 5.85. The Labute approximate surface area is 187 Å². The first-order valence-corrected chi connectivity index (χ1v) is 9.74. The van der Waals surface area contributed by atoms with Gasteiger partial charge in [0.25, 0.3) is 6.01 Å². The van der Waals surface area contributed by atoms with E-state index in [4.69, 9.17) is 26.5 Å². The standard InChI is InChI=1S/C24H13ClF2N4O/c25-21-9-18(6-5-16(21)12-29)31-24-30-13-19(32-24)10-20-22(26)7-17(8-23(20)27)15-3-1-14(11-28)2-4-15/h1-9,13H,10H2,(H,30,31). The second kappa shape index (κ2) is 8.89. The zero-order valence-corrected chi connectivity index (χ0v) is 17.1. The molecule has 5 nitrogen and oxygen atoms in total. The van der Waals surface area contributed by atoms with Crippen molar-refractivity contribution in [2.45, 2.75) is 6.42 Å². The van der Waals surface area contributed by atoms with Crippen molar-refractivity contribution in [1.29, 1.82) is 10.5 Å². The Morgan fingerprint density at radius 2 is 1.66 bits per heavy atom. The zero-order chi connectivity index (χ0) is 22.7. The highest BCUT2D eigenvalue weighted by Gasteiger charge is 2.16. The van der Waals surface area contributed by atoms with Gasteiger partial charge in [0, 0.05) is 17.7 Å². The van der Waals surface area contributed by atoms with Crippen LogP contribution in [0.25, 0.3) is 11.1 Å². The van der Waals surface area contributed by atoms with Gasteiger partial charge in [-0.15, -0.1) is 0 Å². The molecule has 0 saturated heterocycles. The van der Waals surface area contributed by atoms with Gasteiger partial charge in [-0.05, 0) is 53.6 Å². The molecular weight excluding hydrogens is 434 g/mol. The van der Waals surface area contributed by atoms with Gasteiger partial charge in [0.2, 0.25) is 0 Å². The Hall–Kier alpha value is -4.20. The molecule has 0 unspecified atom stereocenters. The molecule has 3 aromatic carbocycles. The van der Waals surface area contributed by atoms with E-state index in [0.717, 1.165) is 0 Å². The van der Waals surface area contributed by atoms with Gasteiger partial charge in [-0.3, -0.25) is 0 Å². The highest BCUT2D eigenvalue weighted by molar-refractivity contribution is 6.32. The summed E-state index contributed by atoms with van der Waals surface area (Å²) < 4.78 is 34.9. The number of nitrogens with one attached hydrogen (secondary N) is 1. The van der Waals surface area contributed by atoms with E-state index in [0.29, 0.717) is 27.9 Å². The van der Waals surface area contributed by atoms with Crippen molar-refractivity contribution in [3.63, 3.8) is 0 Å². The number of hydrogen-bond donors (Lipinski definition) is 1. The molecule has 0 saturated carbocycles. The van der Waals surface area contributed by atoms with Crippen molar-refractivity contribution in [3.05, 3.63) is 99.9 Å². The molecule has 0 radical (unpaired) electrons. The fourth-order valence-corrected chi connectivity index (χ4v) is 3.33. The fraction of sp³-hybridized carbons (Fsp3) is 0.0417. The van der Waals surface area contributed by atoms with Crippen LogP contribution in [0.1, 0.15) is 22.5 Å². The summed E-state index contributed by atoms with van der Waals surface area (Å²) in [5, 5.41) is 21.0. The average molecular weight is 447 g/mol. The summed E-state index contributed by atoms with van der Waals surface area (Å²) in [6.45, 7) is 0. The van der Waals surface area contributed by atoms with E-state index in [9.17, 15) is 8.78 Å². The molecule has 1 heterocycles. The first-order chi connectivity index (χ1) is 15.5. The number of benzene rings is 3. The van der Waals surface area contributed by atoms with Gasteiger partial charge in [0.05, 0.1) is 28.4 Å². The fourth-order valence-electron chi connectivity index (χ4n) is 3.10. The minimum atomic E-state index is -0.714. The summed E-state index contributed by atoms with van der Waals surface area (Å²) in [4.78, 5) is 4.06. The van der Waals surface area contributed by atoms with Crippen LogP contribution in [0.3, 0.4) is 0 Å². The molecule has 0 spiro atoms. The first-order valence-electron chi connectivity index (χ1n) is 9.36. The quantitative estimate of drug-likeness (QED) is 0.386. The van der Waals surface area contributed by atoms with Gasteiger partial charge < -0.3 is 9.73 Å². The molecule has 156 valence electrons. The highest BCUT2D eigenvalue weighted by Crippen LogP contribution is 2.28. The summed E-state index contributed by atoms with van der Waals surface area (Å²) >= 11 is 6.00. The number of nitrogens with zero attached hydrogens (tertiary/aromatic N) is 3. The number of nitriles is 2. The number of hydrogen-bond acceptors (Lipinski definition) is 5. The Morgan fingerprint density at radius 3 is 2.28 bits per heavy atom. The molecule has 0 aliphatic heterocycles. The van der Waals surface area contributed by atoms with Crippen LogP contribution in [0.15, 0.2) is 65.2 Å². The molecule has 0 amide bonds. The third-order valence-electron chi connectivity index (χ3n) is 4.73. The predicted octanol–water partition coefficient (Wildman–Crippen LogP) is 6.35. The highest BCUT2D eigenvalue weighted by atomic mass is 35.5. The molecule has 0 aliphatic rings. The zero-order valence-electron chi connectivity index (χ0n) is 16.4. The summed E-state index contributed by atoms with van der Waals surface area (Å²) in [7, 11) is 0. The predicted molar refractivity (Wildman–Crippen MR) is 115 cm³/mol. The lowest BCUT2D eigenvalue weighted by molar-refractivity contribution is 0.511. The van der Waals surface area contributed by atoms with Crippen molar-refractivity contribution in [2.75, 3.05) is 5.32 Å². The van der Waals surface area contributed by atoms with Crippen molar-refractivity contribution < 1.29 is 13.2 Å². The largest absolute Gasteiger partial charge is 0.428 e. The van der Waals surface area contributed by atoms with E-state index in [-0.39, 0.29) is 28.8 Å². The second-order valence-electron chi connectivity index (χ2n) is 6.85. The lowest BCUT2D eigenvalue weighted by Gasteiger charge is -2.08. The summed E-state index contributed by atoms with van der Waals surface area (Å²) in [5.74, 6) is -1.17. The third-order valence-corrected chi connectivity index (χ3v) is 5.05. The normalized spacial score (nSPS) is 10.4. The van der Waals surface area contributed by atoms with Gasteiger partial charge in [-0.2, -0.15) is 10.5 Å². The molecule has 1 N–H and O–H groups in total. The Bertz CT molecular complexity index is 1360. The molecule has 0 atom stereocenters. The van der Waals surface area contributed by atoms with E-state index in [1.807, 2.05) is 12.1 Å². The van der Waals surface area contributed by atoms with Crippen LogP contribution in [-0.4, -0.2) is 4.98 Å². The van der Waals surface area contributed by atoms with Crippen LogP contribution in [0.4, 0.5) is 20.5 Å². The van der Waals surface area contributed by atoms with Crippen LogP contribution < -0.4 is 5.32 Å². The minimum Gasteiger partial charge on any atom is -0.428 e. The van der Waals surface area contributed by atoms with E-state index in [2.05, 4.69) is 10.3 Å². The number of anilines is 2. The SMILES string of the molecule is N#Cc1ccc(-c2cc(F)c(Cc3cnc(Nc4ccc(C#N)c(Cl)c4)o3)c(F)c2)cc1. The van der Waals surface area contributed by atoms with Gasteiger partial charge in [0.1, 0.15) is 23.5 Å². The first kappa shape index (κ1) is 21.0. The molecule has 0 aliphatic carbocycles. The van der Waals surface area contributed by atoms with E-state index < -0.39 is 11.6 Å². The summed E-state index contributed by atoms with van der Waals surface area (Å²) in [6.07, 6.45) is 1.25. The van der Waals surface area contributed by atoms with Crippen molar-refractivity contribution >= 4 is 23.3 Å². The number of rotatable bonds is 5. The molecule has 4 rings (SSSR count). The minimum absolute atomic E-state index is 0.121. The van der Waals surface area contributed by atoms with E-state index in [1.165, 1.54) is 18.3 Å². The molecule has 1 aromatic heterocycles. The van der Waals surface area contributed by atoms with Crippen LogP contribution in [0.5, 0.6) is 0 Å². The maximum absolute atomic E-state index is 14.7. The van der Waals surface area contributed by atoms with Crippen molar-refractivity contribution in [2.24, 2.45) is 0 Å². The van der Waals surface area contributed by atoms with Crippen molar-refractivity contribution in [3.8, 4) is 23.3 Å². The van der Waals surface area contributed by atoms with Crippen LogP contribution >= 0.6 is 11.6 Å². The topological polar surface area (TPSA) is 85.6 Å². The van der Waals surface area contributed by atoms with Crippen LogP contribution in [0, 0.1) is 34.3 Å². The van der Waals surface area contributed by atoms with Gasteiger partial charge in [-0.1, -0.05) is 23.7 Å². The van der Waals surface area contributed by atoms with Crippen LogP contribution in [0.2, 0.25) is 5.02 Å². The third kappa shape index (κ3) is 4.44. The van der Waals surface area contributed by atoms with Gasteiger partial charge >= 0.3 is 0 Å². The molecular formula is C24H13ClF2N4O. The Morgan fingerprint density at radius 1 is 0.938 bits per heavy atom. The molecule has 0 fully saturated rings. The monoisotopic (exact) mass is 446 g/mol. The maximum Gasteiger partial charge on any atom is 0.299 e. The summed E-state index contributed by atoms with van der Waals surface area (Å²) in [6, 6.07) is 17.8. The average Bonchev–Trinajstić information content (AvgIpc) is 3.23.